The Labute approximate surface area is 113 Å². The van der Waals surface area contributed by atoms with E-state index < -0.39 is 30.4 Å². The van der Waals surface area contributed by atoms with Crippen LogP contribution in [0, 0.1) is 5.92 Å². The summed E-state index contributed by atoms with van der Waals surface area (Å²) in [5.41, 5.74) is 0.617. The molecular weight excluding hydrogens is 274 g/mol. The molecule has 0 bridgehead atoms. The van der Waals surface area contributed by atoms with Gasteiger partial charge in [-0.05, 0) is 30.2 Å². The van der Waals surface area contributed by atoms with Crippen molar-refractivity contribution in [2.75, 3.05) is 7.11 Å². The first-order valence-corrected chi connectivity index (χ1v) is 5.83. The summed E-state index contributed by atoms with van der Waals surface area (Å²) in [5, 5.41) is 9.00. The quantitative estimate of drug-likeness (QED) is 0.857. The summed E-state index contributed by atoms with van der Waals surface area (Å²) in [5.74, 6) is -3.13. The third-order valence-electron chi connectivity index (χ3n) is 3.15. The molecule has 0 saturated heterocycles. The summed E-state index contributed by atoms with van der Waals surface area (Å²) in [6.45, 7) is 0. The number of rotatable bonds is 3. The smallest absolute Gasteiger partial charge is 0.337 e. The number of carbonyl (C=O) groups is 2. The van der Waals surface area contributed by atoms with Crippen LogP contribution in [-0.2, 0) is 16.0 Å². The number of carboxylic acids is 1. The molecule has 1 N–H and O–H groups in total. The van der Waals surface area contributed by atoms with Crippen molar-refractivity contribution in [3.05, 3.63) is 29.3 Å². The molecule has 2 atom stereocenters. The monoisotopic (exact) mass is 286 g/mol. The van der Waals surface area contributed by atoms with E-state index in [0.29, 0.717) is 5.56 Å². The molecular formula is C13H12F2O5. The van der Waals surface area contributed by atoms with Crippen molar-refractivity contribution in [2.24, 2.45) is 5.92 Å². The molecule has 0 saturated carbocycles. The topological polar surface area (TPSA) is 72.8 Å². The van der Waals surface area contributed by atoms with Crippen LogP contribution < -0.4 is 4.74 Å². The number of esters is 1. The van der Waals surface area contributed by atoms with Crippen LogP contribution in [0.15, 0.2) is 18.2 Å². The molecule has 0 radical (unpaired) electrons. The molecule has 0 spiro atoms. The Morgan fingerprint density at radius 1 is 1.45 bits per heavy atom. The lowest BCUT2D eigenvalue weighted by Crippen LogP contribution is -2.42. The molecule has 7 heteroatoms. The Balaban J connectivity index is 2.36. The zero-order valence-corrected chi connectivity index (χ0v) is 10.5. The second kappa shape index (κ2) is 5.44. The van der Waals surface area contributed by atoms with Crippen molar-refractivity contribution in [2.45, 2.75) is 19.0 Å². The van der Waals surface area contributed by atoms with Crippen LogP contribution in [0.25, 0.3) is 0 Å². The highest BCUT2D eigenvalue weighted by Gasteiger charge is 2.41. The standard InChI is InChI=1S/C13H12F2O5/c1-19-13(18)6-2-3-9-7(4-6)5-8(12(16)17)10(20-9)11(14)15/h2-4,8,10-11H,5H2,1H3,(H,16,17)/t8-,10-/m1/s1. The van der Waals surface area contributed by atoms with Crippen molar-refractivity contribution in [3.8, 4) is 5.75 Å². The van der Waals surface area contributed by atoms with Crippen molar-refractivity contribution in [1.29, 1.82) is 0 Å². The lowest BCUT2D eigenvalue weighted by atomic mass is 9.90. The summed E-state index contributed by atoms with van der Waals surface area (Å²) in [6.07, 6.45) is -4.71. The number of hydrogen-bond donors (Lipinski definition) is 1. The SMILES string of the molecule is COC(=O)c1ccc2c(c1)C[C@@H](C(=O)O)[C@H](C(F)F)O2. The first kappa shape index (κ1) is 14.2. The van der Waals surface area contributed by atoms with Crippen molar-refractivity contribution >= 4 is 11.9 Å². The van der Waals surface area contributed by atoms with Crippen molar-refractivity contribution in [1.82, 2.24) is 0 Å². The Morgan fingerprint density at radius 2 is 2.15 bits per heavy atom. The van der Waals surface area contributed by atoms with E-state index >= 15 is 0 Å². The molecule has 1 aliphatic heterocycles. The summed E-state index contributed by atoms with van der Waals surface area (Å²) < 4.78 is 35.2. The van der Waals surface area contributed by atoms with Crippen LogP contribution >= 0.6 is 0 Å². The molecule has 1 aliphatic rings. The average Bonchev–Trinajstić information content (AvgIpc) is 2.44. The second-order valence-corrected chi connectivity index (χ2v) is 4.38. The van der Waals surface area contributed by atoms with E-state index in [0.717, 1.165) is 0 Å². The van der Waals surface area contributed by atoms with Gasteiger partial charge in [-0.25, -0.2) is 13.6 Å². The number of ether oxygens (including phenoxy) is 2. The minimum atomic E-state index is -2.90. The van der Waals surface area contributed by atoms with E-state index in [-0.39, 0.29) is 17.7 Å². The summed E-state index contributed by atoms with van der Waals surface area (Å²) in [4.78, 5) is 22.4. The molecule has 2 rings (SSSR count). The number of alkyl halides is 2. The molecule has 1 aromatic carbocycles. The van der Waals surface area contributed by atoms with Gasteiger partial charge < -0.3 is 14.6 Å². The lowest BCUT2D eigenvalue weighted by molar-refractivity contribution is -0.150. The summed E-state index contributed by atoms with van der Waals surface area (Å²) in [7, 11) is 1.21. The third kappa shape index (κ3) is 2.56. The maximum absolute atomic E-state index is 12.8. The molecule has 108 valence electrons. The Bertz CT molecular complexity index is 544. The Morgan fingerprint density at radius 3 is 2.70 bits per heavy atom. The van der Waals surface area contributed by atoms with Gasteiger partial charge >= 0.3 is 11.9 Å². The largest absolute Gasteiger partial charge is 0.483 e. The second-order valence-electron chi connectivity index (χ2n) is 4.38. The lowest BCUT2D eigenvalue weighted by Gasteiger charge is -2.30. The number of aliphatic carboxylic acids is 1. The van der Waals surface area contributed by atoms with E-state index in [9.17, 15) is 18.4 Å². The van der Waals surface area contributed by atoms with Crippen LogP contribution in [0.3, 0.4) is 0 Å². The van der Waals surface area contributed by atoms with Crippen LogP contribution in [0.4, 0.5) is 8.78 Å². The number of benzene rings is 1. The van der Waals surface area contributed by atoms with Crippen LogP contribution in [0.1, 0.15) is 15.9 Å². The molecule has 0 aliphatic carbocycles. The molecule has 20 heavy (non-hydrogen) atoms. The molecule has 1 heterocycles. The molecule has 0 fully saturated rings. The molecule has 5 nitrogen and oxygen atoms in total. The Hall–Kier alpha value is -2.18. The normalized spacial score (nSPS) is 21.0. The van der Waals surface area contributed by atoms with Crippen LogP contribution in [0.2, 0.25) is 0 Å². The fourth-order valence-electron chi connectivity index (χ4n) is 2.14. The van der Waals surface area contributed by atoms with Gasteiger partial charge in [-0.2, -0.15) is 0 Å². The van der Waals surface area contributed by atoms with Crippen molar-refractivity contribution in [3.63, 3.8) is 0 Å². The number of carbonyl (C=O) groups excluding carboxylic acids is 1. The number of halogens is 2. The highest BCUT2D eigenvalue weighted by molar-refractivity contribution is 5.89. The van der Waals surface area contributed by atoms with Crippen LogP contribution in [0.5, 0.6) is 5.75 Å². The molecule has 0 unspecified atom stereocenters. The number of hydrogen-bond acceptors (Lipinski definition) is 4. The summed E-state index contributed by atoms with van der Waals surface area (Å²) >= 11 is 0. The average molecular weight is 286 g/mol. The summed E-state index contributed by atoms with van der Waals surface area (Å²) in [6, 6.07) is 4.15. The van der Waals surface area contributed by atoms with E-state index in [2.05, 4.69) is 4.74 Å². The van der Waals surface area contributed by atoms with Crippen LogP contribution in [-0.4, -0.2) is 36.7 Å². The highest BCUT2D eigenvalue weighted by Crippen LogP contribution is 2.34. The van der Waals surface area contributed by atoms with Gasteiger partial charge in [0.15, 0.2) is 6.10 Å². The molecule has 0 amide bonds. The van der Waals surface area contributed by atoms with Gasteiger partial charge in [0, 0.05) is 0 Å². The van der Waals surface area contributed by atoms with Gasteiger partial charge in [0.2, 0.25) is 0 Å². The predicted octanol–water partition coefficient (Wildman–Crippen LogP) is 1.74. The molecule has 0 aromatic heterocycles. The fraction of sp³-hybridized carbons (Fsp3) is 0.385. The van der Waals surface area contributed by atoms with E-state index in [1.54, 1.807) is 0 Å². The van der Waals surface area contributed by atoms with E-state index in [1.165, 1.54) is 25.3 Å². The van der Waals surface area contributed by atoms with E-state index in [4.69, 9.17) is 9.84 Å². The van der Waals surface area contributed by atoms with Gasteiger partial charge in [0.1, 0.15) is 11.7 Å². The zero-order valence-electron chi connectivity index (χ0n) is 10.5. The third-order valence-corrected chi connectivity index (χ3v) is 3.15. The highest BCUT2D eigenvalue weighted by atomic mass is 19.3. The maximum atomic E-state index is 12.8. The van der Waals surface area contributed by atoms with Gasteiger partial charge in [0.05, 0.1) is 12.7 Å². The number of fused-ring (bicyclic) bond motifs is 1. The predicted molar refractivity (Wildman–Crippen MR) is 63.0 cm³/mol. The number of carboxylic acid groups (broad SMARTS) is 1. The maximum Gasteiger partial charge on any atom is 0.337 e. The first-order valence-electron chi connectivity index (χ1n) is 5.83. The van der Waals surface area contributed by atoms with Gasteiger partial charge in [-0.1, -0.05) is 0 Å². The van der Waals surface area contributed by atoms with Gasteiger partial charge in [0.25, 0.3) is 6.43 Å². The Kier molecular flexibility index (Phi) is 3.87. The van der Waals surface area contributed by atoms with Gasteiger partial charge in [-0.3, -0.25) is 4.79 Å². The first-order chi connectivity index (χ1) is 9.43. The van der Waals surface area contributed by atoms with Crippen molar-refractivity contribution < 1.29 is 33.0 Å². The molecule has 1 aromatic rings. The number of methoxy groups -OCH3 is 1. The van der Waals surface area contributed by atoms with Gasteiger partial charge in [-0.15, -0.1) is 0 Å². The minimum absolute atomic E-state index is 0.121. The van der Waals surface area contributed by atoms with E-state index in [1.807, 2.05) is 0 Å². The minimum Gasteiger partial charge on any atom is -0.483 e. The fourth-order valence-corrected chi connectivity index (χ4v) is 2.14. The zero-order chi connectivity index (χ0) is 14.9.